The summed E-state index contributed by atoms with van der Waals surface area (Å²) in [7, 11) is 0. The van der Waals surface area contributed by atoms with Crippen LogP contribution >= 0.6 is 0 Å². The lowest BCUT2D eigenvalue weighted by atomic mass is 10.0. The van der Waals surface area contributed by atoms with E-state index in [1.165, 1.54) is 0 Å². The SMILES string of the molecule is CC(C)c1ccc[c]c1F. The van der Waals surface area contributed by atoms with Crippen molar-refractivity contribution in [3.63, 3.8) is 0 Å². The summed E-state index contributed by atoms with van der Waals surface area (Å²) >= 11 is 0. The smallest absolute Gasteiger partial charge is 0.134 e. The molecule has 0 spiro atoms. The number of hydrogen-bond acceptors (Lipinski definition) is 0. The van der Waals surface area contributed by atoms with E-state index in [9.17, 15) is 4.39 Å². The molecule has 0 aliphatic heterocycles. The van der Waals surface area contributed by atoms with E-state index in [2.05, 4.69) is 6.07 Å². The molecule has 0 aromatic heterocycles. The summed E-state index contributed by atoms with van der Waals surface area (Å²) in [4.78, 5) is 0. The van der Waals surface area contributed by atoms with E-state index in [4.69, 9.17) is 0 Å². The highest BCUT2D eigenvalue weighted by Crippen LogP contribution is 2.16. The van der Waals surface area contributed by atoms with Gasteiger partial charge in [0.2, 0.25) is 0 Å². The Kier molecular flexibility index (Phi) is 2.05. The summed E-state index contributed by atoms with van der Waals surface area (Å²) in [5, 5.41) is 0. The molecule has 0 bridgehead atoms. The Balaban J connectivity index is 3.03. The third kappa shape index (κ3) is 1.35. The highest BCUT2D eigenvalue weighted by atomic mass is 19.1. The first-order chi connectivity index (χ1) is 4.72. The van der Waals surface area contributed by atoms with Crippen LogP contribution in [0, 0.1) is 11.9 Å². The molecule has 0 nitrogen and oxygen atoms in total. The fourth-order valence-electron chi connectivity index (χ4n) is 0.875. The number of rotatable bonds is 1. The average molecular weight is 137 g/mol. The van der Waals surface area contributed by atoms with Crippen molar-refractivity contribution in [3.05, 3.63) is 35.6 Å². The molecule has 0 saturated heterocycles. The van der Waals surface area contributed by atoms with Gasteiger partial charge in [-0.1, -0.05) is 32.0 Å². The van der Waals surface area contributed by atoms with E-state index in [-0.39, 0.29) is 11.7 Å². The second kappa shape index (κ2) is 2.82. The lowest BCUT2D eigenvalue weighted by molar-refractivity contribution is 0.596. The highest BCUT2D eigenvalue weighted by molar-refractivity contribution is 5.19. The maximum atomic E-state index is 12.8. The van der Waals surface area contributed by atoms with E-state index in [0.29, 0.717) is 0 Å². The standard InChI is InChI=1S/C9H10F/c1-7(2)8-5-3-4-6-9(8)10/h3-5,7H,1-2H3. The second-order valence-corrected chi connectivity index (χ2v) is 2.59. The first-order valence-electron chi connectivity index (χ1n) is 3.38. The normalized spacial score (nSPS) is 10.4. The van der Waals surface area contributed by atoms with Crippen LogP contribution < -0.4 is 0 Å². The number of hydrogen-bond donors (Lipinski definition) is 0. The van der Waals surface area contributed by atoms with Crippen LogP contribution in [0.4, 0.5) is 4.39 Å². The van der Waals surface area contributed by atoms with Crippen molar-refractivity contribution >= 4 is 0 Å². The minimum Gasteiger partial charge on any atom is -0.206 e. The summed E-state index contributed by atoms with van der Waals surface area (Å²) in [6.07, 6.45) is 0. The van der Waals surface area contributed by atoms with Gasteiger partial charge >= 0.3 is 0 Å². The highest BCUT2D eigenvalue weighted by Gasteiger charge is 2.03. The monoisotopic (exact) mass is 137 g/mol. The Morgan fingerprint density at radius 3 is 2.60 bits per heavy atom. The summed E-state index contributed by atoms with van der Waals surface area (Å²) in [5.74, 6) is 0.0231. The first kappa shape index (κ1) is 7.26. The van der Waals surface area contributed by atoms with Crippen LogP contribution in [0.25, 0.3) is 0 Å². The van der Waals surface area contributed by atoms with Crippen molar-refractivity contribution < 1.29 is 4.39 Å². The molecule has 53 valence electrons. The van der Waals surface area contributed by atoms with Crippen LogP contribution in [0.15, 0.2) is 18.2 Å². The second-order valence-electron chi connectivity index (χ2n) is 2.59. The van der Waals surface area contributed by atoms with Gasteiger partial charge < -0.3 is 0 Å². The first-order valence-corrected chi connectivity index (χ1v) is 3.38. The zero-order valence-corrected chi connectivity index (χ0v) is 6.19. The van der Waals surface area contributed by atoms with Gasteiger partial charge in [0.25, 0.3) is 0 Å². The molecule has 0 fully saturated rings. The molecule has 0 N–H and O–H groups in total. The molecule has 0 heterocycles. The van der Waals surface area contributed by atoms with Crippen molar-refractivity contribution in [2.45, 2.75) is 19.8 Å². The molecule has 10 heavy (non-hydrogen) atoms. The number of halogens is 1. The Bertz CT molecular complexity index is 216. The van der Waals surface area contributed by atoms with Crippen LogP contribution in [-0.4, -0.2) is 0 Å². The van der Waals surface area contributed by atoms with E-state index in [1.807, 2.05) is 13.8 Å². The molecule has 1 rings (SSSR count). The predicted octanol–water partition coefficient (Wildman–Crippen LogP) is 2.75. The average Bonchev–Trinajstić information content (AvgIpc) is 1.88. The predicted molar refractivity (Wildman–Crippen MR) is 39.3 cm³/mol. The molecule has 0 aliphatic rings. The lowest BCUT2D eigenvalue weighted by Gasteiger charge is -2.04. The number of benzene rings is 1. The molecule has 1 aromatic carbocycles. The van der Waals surface area contributed by atoms with Crippen molar-refractivity contribution in [2.75, 3.05) is 0 Å². The maximum absolute atomic E-state index is 12.8. The molecular formula is C9H10F. The molecule has 0 saturated carbocycles. The minimum absolute atomic E-state index is 0.225. The summed E-state index contributed by atoms with van der Waals surface area (Å²) in [6.45, 7) is 3.93. The molecule has 1 aromatic rings. The lowest BCUT2D eigenvalue weighted by Crippen LogP contribution is -1.90. The van der Waals surface area contributed by atoms with Crippen molar-refractivity contribution in [3.8, 4) is 0 Å². The van der Waals surface area contributed by atoms with Gasteiger partial charge in [-0.05, 0) is 11.5 Å². The van der Waals surface area contributed by atoms with Gasteiger partial charge in [0.1, 0.15) is 5.82 Å². The van der Waals surface area contributed by atoms with Gasteiger partial charge in [0.05, 0.1) is 0 Å². The van der Waals surface area contributed by atoms with E-state index in [1.54, 1.807) is 18.2 Å². The van der Waals surface area contributed by atoms with Crippen molar-refractivity contribution in [2.24, 2.45) is 0 Å². The van der Waals surface area contributed by atoms with Crippen LogP contribution in [-0.2, 0) is 0 Å². The van der Waals surface area contributed by atoms with E-state index < -0.39 is 0 Å². The molecular weight excluding hydrogens is 127 g/mol. The fraction of sp³-hybridized carbons (Fsp3) is 0.333. The van der Waals surface area contributed by atoms with Gasteiger partial charge in [0, 0.05) is 6.07 Å². The Labute approximate surface area is 60.7 Å². The van der Waals surface area contributed by atoms with Gasteiger partial charge in [-0.25, -0.2) is 4.39 Å². The topological polar surface area (TPSA) is 0 Å². The Morgan fingerprint density at radius 2 is 2.20 bits per heavy atom. The van der Waals surface area contributed by atoms with E-state index in [0.717, 1.165) is 5.56 Å². The summed E-state index contributed by atoms with van der Waals surface area (Å²) in [5.41, 5.74) is 0.738. The van der Waals surface area contributed by atoms with Gasteiger partial charge in [-0.3, -0.25) is 0 Å². The zero-order valence-electron chi connectivity index (χ0n) is 6.19. The third-order valence-electron chi connectivity index (χ3n) is 1.46. The van der Waals surface area contributed by atoms with E-state index >= 15 is 0 Å². The van der Waals surface area contributed by atoms with Gasteiger partial charge in [0.15, 0.2) is 0 Å². The van der Waals surface area contributed by atoms with Crippen LogP contribution in [0.2, 0.25) is 0 Å². The summed E-state index contributed by atoms with van der Waals surface area (Å²) < 4.78 is 12.8. The van der Waals surface area contributed by atoms with Crippen LogP contribution in [0.5, 0.6) is 0 Å². The van der Waals surface area contributed by atoms with Crippen molar-refractivity contribution in [1.82, 2.24) is 0 Å². The van der Waals surface area contributed by atoms with Crippen LogP contribution in [0.1, 0.15) is 25.3 Å². The third-order valence-corrected chi connectivity index (χ3v) is 1.46. The molecule has 1 heteroatoms. The Morgan fingerprint density at radius 1 is 1.50 bits per heavy atom. The fourth-order valence-corrected chi connectivity index (χ4v) is 0.875. The van der Waals surface area contributed by atoms with Crippen molar-refractivity contribution in [1.29, 1.82) is 0 Å². The largest absolute Gasteiger partial charge is 0.206 e. The maximum Gasteiger partial charge on any atom is 0.134 e. The van der Waals surface area contributed by atoms with Gasteiger partial charge in [-0.2, -0.15) is 0 Å². The molecule has 1 radical (unpaired) electrons. The molecule has 0 atom stereocenters. The Hall–Kier alpha value is -0.850. The molecule has 0 amide bonds. The quantitative estimate of drug-likeness (QED) is 0.558. The zero-order chi connectivity index (χ0) is 7.56. The molecule has 0 unspecified atom stereocenters. The minimum atomic E-state index is -0.225. The van der Waals surface area contributed by atoms with Gasteiger partial charge in [-0.15, -0.1) is 0 Å². The molecule has 0 aliphatic carbocycles. The van der Waals surface area contributed by atoms with Crippen LogP contribution in [0.3, 0.4) is 0 Å². The summed E-state index contributed by atoms with van der Waals surface area (Å²) in [6, 6.07) is 7.69.